The van der Waals surface area contributed by atoms with E-state index in [1.165, 1.54) is 17.5 Å². The Morgan fingerprint density at radius 2 is 2.07 bits per heavy atom. The molecule has 0 radical (unpaired) electrons. The Labute approximate surface area is 173 Å². The molecule has 2 heterocycles. The smallest absolute Gasteiger partial charge is 0.237 e. The molecule has 2 amide bonds. The number of carbonyl (C=O) groups excluding carboxylic acids is 2. The van der Waals surface area contributed by atoms with Gasteiger partial charge in [0.1, 0.15) is 0 Å². The number of benzene rings is 1. The van der Waals surface area contributed by atoms with Crippen molar-refractivity contribution in [1.29, 1.82) is 0 Å². The van der Waals surface area contributed by atoms with Crippen molar-refractivity contribution < 1.29 is 9.59 Å². The number of piperidine rings is 1. The molecule has 1 saturated carbocycles. The maximum atomic E-state index is 13.4. The van der Waals surface area contributed by atoms with Gasteiger partial charge in [0.15, 0.2) is 0 Å². The van der Waals surface area contributed by atoms with Crippen LogP contribution < -0.4 is 10.6 Å². The third kappa shape index (κ3) is 3.58. The molecule has 2 N–H and O–H groups in total. The first-order chi connectivity index (χ1) is 14.2. The van der Waals surface area contributed by atoms with Gasteiger partial charge in [-0.15, -0.1) is 0 Å². The Kier molecular flexibility index (Phi) is 5.10. The highest BCUT2D eigenvalue weighted by Gasteiger charge is 2.60. The minimum Gasteiger partial charge on any atom is -0.354 e. The van der Waals surface area contributed by atoms with Crippen LogP contribution in [0, 0.1) is 11.8 Å². The Morgan fingerprint density at radius 1 is 1.17 bits per heavy atom. The van der Waals surface area contributed by atoms with E-state index >= 15 is 0 Å². The number of likely N-dealkylation sites (tertiary alicyclic amines) is 1. The average Bonchev–Trinajstić information content (AvgIpc) is 3.20. The van der Waals surface area contributed by atoms with Crippen LogP contribution in [0.3, 0.4) is 0 Å². The summed E-state index contributed by atoms with van der Waals surface area (Å²) in [4.78, 5) is 27.8. The first-order valence-corrected chi connectivity index (χ1v) is 11.6. The van der Waals surface area contributed by atoms with E-state index in [1.807, 2.05) is 0 Å². The number of amides is 2. The van der Waals surface area contributed by atoms with Gasteiger partial charge in [0.2, 0.25) is 11.8 Å². The van der Waals surface area contributed by atoms with Gasteiger partial charge in [-0.05, 0) is 75.0 Å². The van der Waals surface area contributed by atoms with E-state index in [4.69, 9.17) is 0 Å². The molecule has 29 heavy (non-hydrogen) atoms. The molecular weight excluding hydrogens is 362 g/mol. The third-order valence-corrected chi connectivity index (χ3v) is 7.77. The van der Waals surface area contributed by atoms with E-state index in [0.717, 1.165) is 64.6 Å². The van der Waals surface area contributed by atoms with Gasteiger partial charge in [0.25, 0.3) is 0 Å². The fraction of sp³-hybridized carbons (Fsp3) is 0.667. The molecule has 0 aromatic heterocycles. The highest BCUT2D eigenvalue weighted by atomic mass is 16.2. The van der Waals surface area contributed by atoms with Crippen LogP contribution in [-0.4, -0.2) is 48.9 Å². The quantitative estimate of drug-likeness (QED) is 0.823. The van der Waals surface area contributed by atoms with Crippen LogP contribution in [-0.2, 0) is 21.4 Å². The van der Waals surface area contributed by atoms with Crippen molar-refractivity contribution in [3.8, 4) is 0 Å². The second-order valence-electron chi connectivity index (χ2n) is 9.61. The zero-order valence-corrected chi connectivity index (χ0v) is 17.3. The Hall–Kier alpha value is -1.88. The molecule has 4 atom stereocenters. The van der Waals surface area contributed by atoms with Crippen LogP contribution in [0.25, 0.3) is 0 Å². The van der Waals surface area contributed by atoms with Gasteiger partial charge < -0.3 is 15.5 Å². The summed E-state index contributed by atoms with van der Waals surface area (Å²) in [6.07, 6.45) is 8.69. The second kappa shape index (κ2) is 7.75. The summed E-state index contributed by atoms with van der Waals surface area (Å²) >= 11 is 0. The van der Waals surface area contributed by atoms with Gasteiger partial charge >= 0.3 is 0 Å². The summed E-state index contributed by atoms with van der Waals surface area (Å²) in [5.74, 6) is 1.03. The SMILES string of the molecule is O=C(NCC1CCCN(C(=O)C2CC23CCCc2ccccc23)C1)C1CCCN1. The average molecular weight is 396 g/mol. The summed E-state index contributed by atoms with van der Waals surface area (Å²) < 4.78 is 0. The van der Waals surface area contributed by atoms with Crippen LogP contribution >= 0.6 is 0 Å². The Morgan fingerprint density at radius 3 is 2.93 bits per heavy atom. The number of aryl methyl sites for hydroxylation is 1. The van der Waals surface area contributed by atoms with E-state index in [9.17, 15) is 9.59 Å². The summed E-state index contributed by atoms with van der Waals surface area (Å²) in [6, 6.07) is 8.74. The number of nitrogens with one attached hydrogen (secondary N) is 2. The lowest BCUT2D eigenvalue weighted by Gasteiger charge is -2.34. The molecule has 5 rings (SSSR count). The highest BCUT2D eigenvalue weighted by Crippen LogP contribution is 2.60. The third-order valence-electron chi connectivity index (χ3n) is 7.77. The molecule has 2 aliphatic carbocycles. The summed E-state index contributed by atoms with van der Waals surface area (Å²) in [5, 5.41) is 6.39. The van der Waals surface area contributed by atoms with E-state index in [1.54, 1.807) is 0 Å². The van der Waals surface area contributed by atoms with Crippen molar-refractivity contribution in [3.63, 3.8) is 0 Å². The van der Waals surface area contributed by atoms with Crippen molar-refractivity contribution in [2.24, 2.45) is 11.8 Å². The molecule has 4 aliphatic rings. The first kappa shape index (κ1) is 19.1. The van der Waals surface area contributed by atoms with Gasteiger partial charge in [-0.1, -0.05) is 24.3 Å². The van der Waals surface area contributed by atoms with E-state index < -0.39 is 0 Å². The van der Waals surface area contributed by atoms with Crippen molar-refractivity contribution in [2.75, 3.05) is 26.2 Å². The van der Waals surface area contributed by atoms with E-state index in [2.05, 4.69) is 39.8 Å². The zero-order valence-electron chi connectivity index (χ0n) is 17.3. The van der Waals surface area contributed by atoms with Crippen molar-refractivity contribution in [3.05, 3.63) is 35.4 Å². The van der Waals surface area contributed by atoms with Crippen LogP contribution in [0.4, 0.5) is 0 Å². The fourth-order valence-electron chi connectivity index (χ4n) is 6.08. The predicted molar refractivity (Wildman–Crippen MR) is 113 cm³/mol. The van der Waals surface area contributed by atoms with Crippen molar-refractivity contribution in [2.45, 2.75) is 62.8 Å². The first-order valence-electron chi connectivity index (χ1n) is 11.6. The molecule has 2 aliphatic heterocycles. The van der Waals surface area contributed by atoms with E-state index in [-0.39, 0.29) is 23.3 Å². The molecule has 3 fully saturated rings. The van der Waals surface area contributed by atoms with E-state index in [0.29, 0.717) is 18.4 Å². The van der Waals surface area contributed by atoms with Gasteiger partial charge in [-0.3, -0.25) is 9.59 Å². The predicted octanol–water partition coefficient (Wildman–Crippen LogP) is 2.39. The molecule has 156 valence electrons. The topological polar surface area (TPSA) is 61.4 Å². The number of fused-ring (bicyclic) bond motifs is 2. The summed E-state index contributed by atoms with van der Waals surface area (Å²) in [7, 11) is 0. The van der Waals surface area contributed by atoms with Crippen LogP contribution in [0.1, 0.15) is 56.1 Å². The van der Waals surface area contributed by atoms with Gasteiger partial charge in [0.05, 0.1) is 6.04 Å². The Bertz CT molecular complexity index is 788. The summed E-state index contributed by atoms with van der Waals surface area (Å²) in [5.41, 5.74) is 3.00. The largest absolute Gasteiger partial charge is 0.354 e. The minimum absolute atomic E-state index is 0.0194. The highest BCUT2D eigenvalue weighted by molar-refractivity contribution is 5.85. The molecule has 0 bridgehead atoms. The Balaban J connectivity index is 1.19. The second-order valence-corrected chi connectivity index (χ2v) is 9.61. The molecule has 5 heteroatoms. The lowest BCUT2D eigenvalue weighted by Crippen LogP contribution is -2.47. The minimum atomic E-state index is -0.0194. The van der Waals surface area contributed by atoms with Crippen molar-refractivity contribution >= 4 is 11.8 Å². The maximum absolute atomic E-state index is 13.4. The lowest BCUT2D eigenvalue weighted by atomic mass is 9.78. The number of nitrogens with zero attached hydrogens (tertiary/aromatic N) is 1. The van der Waals surface area contributed by atoms with Gasteiger partial charge in [-0.25, -0.2) is 0 Å². The van der Waals surface area contributed by atoms with Gasteiger partial charge in [-0.2, -0.15) is 0 Å². The number of rotatable bonds is 4. The van der Waals surface area contributed by atoms with Crippen LogP contribution in [0.5, 0.6) is 0 Å². The molecule has 5 nitrogen and oxygen atoms in total. The van der Waals surface area contributed by atoms with Crippen LogP contribution in [0.2, 0.25) is 0 Å². The standard InChI is InChI=1S/C24H33N3O2/c28-22(21-10-4-12-25-21)26-15-17-6-5-13-27(16-17)23(29)20-14-24(20)11-3-8-18-7-1-2-9-19(18)24/h1-2,7,9,17,20-21,25H,3-6,8,10-16H2,(H,26,28). The molecule has 1 aromatic carbocycles. The fourth-order valence-corrected chi connectivity index (χ4v) is 6.08. The van der Waals surface area contributed by atoms with Crippen LogP contribution in [0.15, 0.2) is 24.3 Å². The number of hydrogen-bond donors (Lipinski definition) is 2. The van der Waals surface area contributed by atoms with Crippen molar-refractivity contribution in [1.82, 2.24) is 15.5 Å². The summed E-state index contributed by atoms with van der Waals surface area (Å²) in [6.45, 7) is 3.31. The molecule has 4 unspecified atom stereocenters. The zero-order chi connectivity index (χ0) is 19.8. The molecule has 1 spiro atoms. The lowest BCUT2D eigenvalue weighted by molar-refractivity contribution is -0.135. The number of carbonyl (C=O) groups is 2. The molecular formula is C24H33N3O2. The monoisotopic (exact) mass is 395 g/mol. The molecule has 2 saturated heterocycles. The molecule has 1 aromatic rings. The number of hydrogen-bond acceptors (Lipinski definition) is 3. The maximum Gasteiger partial charge on any atom is 0.237 e. The normalized spacial score (nSPS) is 33.4. The van der Waals surface area contributed by atoms with Gasteiger partial charge in [0, 0.05) is 31.0 Å².